The van der Waals surface area contributed by atoms with Crippen LogP contribution in [0, 0.1) is 5.92 Å². The number of nitrogens with zero attached hydrogens (tertiary/aromatic N) is 4. The van der Waals surface area contributed by atoms with Gasteiger partial charge in [-0.2, -0.15) is 4.98 Å². The van der Waals surface area contributed by atoms with Gasteiger partial charge in [0.05, 0.1) is 12.8 Å². The van der Waals surface area contributed by atoms with Crippen LogP contribution in [0.15, 0.2) is 4.52 Å². The largest absolute Gasteiger partial charge is 0.338 e. The summed E-state index contributed by atoms with van der Waals surface area (Å²) < 4.78 is 29.9. The lowest BCUT2D eigenvalue weighted by molar-refractivity contribution is 0.253. The molecule has 0 radical (unpaired) electrons. The summed E-state index contributed by atoms with van der Waals surface area (Å²) in [5.74, 6) is 2.21. The van der Waals surface area contributed by atoms with E-state index >= 15 is 0 Å². The third kappa shape index (κ3) is 5.54. The van der Waals surface area contributed by atoms with Crippen LogP contribution in [0.2, 0.25) is 0 Å². The Hall–Kier alpha value is -0.990. The van der Waals surface area contributed by atoms with Crippen molar-refractivity contribution in [3.8, 4) is 0 Å². The van der Waals surface area contributed by atoms with Gasteiger partial charge in [0.25, 0.3) is 0 Å². The number of piperidine rings is 1. The van der Waals surface area contributed by atoms with Crippen molar-refractivity contribution in [2.45, 2.75) is 45.6 Å². The number of hydrogen-bond donors (Lipinski definition) is 0. The molecule has 0 atom stereocenters. The normalized spacial score (nSPS) is 18.2. The van der Waals surface area contributed by atoms with Gasteiger partial charge >= 0.3 is 0 Å². The summed E-state index contributed by atoms with van der Waals surface area (Å²) >= 11 is 0. The zero-order valence-corrected chi connectivity index (χ0v) is 15.3. The van der Waals surface area contributed by atoms with Crippen molar-refractivity contribution >= 4 is 10.0 Å². The van der Waals surface area contributed by atoms with Crippen LogP contribution >= 0.6 is 0 Å². The lowest BCUT2D eigenvalue weighted by Gasteiger charge is -2.28. The molecule has 0 unspecified atom stereocenters. The third-order valence-electron chi connectivity index (χ3n) is 4.27. The van der Waals surface area contributed by atoms with Crippen LogP contribution in [0.4, 0.5) is 0 Å². The number of rotatable bonds is 7. The van der Waals surface area contributed by atoms with Crippen LogP contribution in [0.25, 0.3) is 0 Å². The highest BCUT2D eigenvalue weighted by atomic mass is 32.2. The first-order valence-corrected chi connectivity index (χ1v) is 10.1. The van der Waals surface area contributed by atoms with Gasteiger partial charge in [0.1, 0.15) is 0 Å². The highest BCUT2D eigenvalue weighted by Crippen LogP contribution is 2.27. The topological polar surface area (TPSA) is 79.5 Å². The number of aromatic nitrogens is 2. The molecule has 1 saturated heterocycles. The van der Waals surface area contributed by atoms with Crippen LogP contribution in [0.3, 0.4) is 0 Å². The molecule has 1 fully saturated rings. The highest BCUT2D eigenvalue weighted by molar-refractivity contribution is 7.88. The molecule has 23 heavy (non-hydrogen) atoms. The van der Waals surface area contributed by atoms with Crippen LogP contribution in [0.1, 0.15) is 50.7 Å². The van der Waals surface area contributed by atoms with E-state index in [9.17, 15) is 8.42 Å². The van der Waals surface area contributed by atoms with Gasteiger partial charge in [-0.05, 0) is 38.8 Å². The summed E-state index contributed by atoms with van der Waals surface area (Å²) in [5, 5.41) is 4.09. The summed E-state index contributed by atoms with van der Waals surface area (Å²) in [6, 6.07) is 0. The fraction of sp³-hybridized carbons (Fsp3) is 0.867. The van der Waals surface area contributed by atoms with Crippen LogP contribution in [-0.2, 0) is 16.6 Å². The zero-order valence-electron chi connectivity index (χ0n) is 14.5. The van der Waals surface area contributed by atoms with Gasteiger partial charge in [-0.15, -0.1) is 0 Å². The van der Waals surface area contributed by atoms with E-state index in [1.807, 2.05) is 0 Å². The van der Waals surface area contributed by atoms with Crippen molar-refractivity contribution < 1.29 is 12.9 Å². The number of hydrogen-bond acceptors (Lipinski definition) is 6. The van der Waals surface area contributed by atoms with Gasteiger partial charge in [-0.1, -0.05) is 19.0 Å². The summed E-state index contributed by atoms with van der Waals surface area (Å²) in [7, 11) is -1.04. The minimum Gasteiger partial charge on any atom is -0.338 e. The summed E-state index contributed by atoms with van der Waals surface area (Å²) in [6.45, 7) is 7.14. The quantitative estimate of drug-likeness (QED) is 0.749. The first-order valence-electron chi connectivity index (χ1n) is 8.22. The van der Waals surface area contributed by atoms with Crippen molar-refractivity contribution in [3.63, 3.8) is 0 Å². The minimum atomic E-state index is -3.09. The Morgan fingerprint density at radius 2 is 2.00 bits per heavy atom. The van der Waals surface area contributed by atoms with E-state index < -0.39 is 10.0 Å². The molecule has 0 bridgehead atoms. The first-order chi connectivity index (χ1) is 10.8. The molecule has 1 aliphatic rings. The lowest BCUT2D eigenvalue weighted by atomic mass is 9.98. The molecule has 0 spiro atoms. The standard InChI is InChI=1S/C15H28N4O3S/c1-12(2)5-8-18(3)11-14-16-15(17-22-14)13-6-9-19(10-7-13)23(4,20)21/h12-13H,5-11H2,1-4H3. The Morgan fingerprint density at radius 1 is 1.35 bits per heavy atom. The van der Waals surface area contributed by atoms with Gasteiger partial charge in [-0.25, -0.2) is 12.7 Å². The van der Waals surface area contributed by atoms with E-state index in [0.717, 1.165) is 25.8 Å². The van der Waals surface area contributed by atoms with Crippen molar-refractivity contribution in [2.24, 2.45) is 5.92 Å². The summed E-state index contributed by atoms with van der Waals surface area (Å²) in [4.78, 5) is 6.68. The lowest BCUT2D eigenvalue weighted by Crippen LogP contribution is -2.37. The van der Waals surface area contributed by atoms with E-state index in [1.165, 1.54) is 10.6 Å². The fourth-order valence-electron chi connectivity index (χ4n) is 2.73. The molecule has 0 saturated carbocycles. The first kappa shape index (κ1) is 18.4. The molecule has 2 rings (SSSR count). The molecule has 0 amide bonds. The third-order valence-corrected chi connectivity index (χ3v) is 5.57. The Morgan fingerprint density at radius 3 is 2.57 bits per heavy atom. The molecule has 0 N–H and O–H groups in total. The van der Waals surface area contributed by atoms with Gasteiger partial charge in [0, 0.05) is 19.0 Å². The monoisotopic (exact) mass is 344 g/mol. The van der Waals surface area contributed by atoms with E-state index in [0.29, 0.717) is 37.3 Å². The maximum atomic E-state index is 11.5. The molecular weight excluding hydrogens is 316 g/mol. The van der Waals surface area contributed by atoms with Gasteiger partial charge in [0.15, 0.2) is 5.82 Å². The van der Waals surface area contributed by atoms with Gasteiger partial charge in [-0.3, -0.25) is 4.90 Å². The summed E-state index contributed by atoms with van der Waals surface area (Å²) in [5.41, 5.74) is 0. The van der Waals surface area contributed by atoms with E-state index in [2.05, 4.69) is 35.9 Å². The second kappa shape index (κ2) is 7.72. The molecule has 8 heteroatoms. The predicted molar refractivity (Wildman–Crippen MR) is 88.5 cm³/mol. The minimum absolute atomic E-state index is 0.187. The molecule has 7 nitrogen and oxygen atoms in total. The molecule has 1 aliphatic heterocycles. The average molecular weight is 344 g/mol. The maximum absolute atomic E-state index is 11.5. The SMILES string of the molecule is CC(C)CCN(C)Cc1nc(C2CCN(S(C)(=O)=O)CC2)no1. The van der Waals surface area contributed by atoms with Crippen LogP contribution in [-0.4, -0.2) is 60.7 Å². The second-order valence-corrected chi connectivity index (χ2v) is 8.89. The van der Waals surface area contributed by atoms with Crippen LogP contribution in [0.5, 0.6) is 0 Å². The average Bonchev–Trinajstić information content (AvgIpc) is 2.93. The molecule has 2 heterocycles. The molecule has 1 aromatic rings. The van der Waals surface area contributed by atoms with E-state index in [-0.39, 0.29) is 5.92 Å². The smallest absolute Gasteiger partial charge is 0.240 e. The van der Waals surface area contributed by atoms with Gasteiger partial charge < -0.3 is 4.52 Å². The highest BCUT2D eigenvalue weighted by Gasteiger charge is 2.28. The molecular formula is C15H28N4O3S. The Bertz CT molecular complexity index is 592. The number of sulfonamides is 1. The molecule has 1 aromatic heterocycles. The summed E-state index contributed by atoms with van der Waals surface area (Å²) in [6.07, 6.45) is 3.89. The predicted octanol–water partition coefficient (Wildman–Crippen LogP) is 1.69. The maximum Gasteiger partial charge on any atom is 0.240 e. The Labute approximate surface area is 139 Å². The van der Waals surface area contributed by atoms with Crippen molar-refractivity contribution in [1.82, 2.24) is 19.3 Å². The Kier molecular flexibility index (Phi) is 6.16. The van der Waals surface area contributed by atoms with E-state index in [4.69, 9.17) is 4.52 Å². The van der Waals surface area contributed by atoms with Gasteiger partial charge in [0.2, 0.25) is 15.9 Å². The van der Waals surface area contributed by atoms with Crippen molar-refractivity contribution in [2.75, 3.05) is 32.9 Å². The molecule has 132 valence electrons. The molecule has 0 aliphatic carbocycles. The zero-order chi connectivity index (χ0) is 17.0. The van der Waals surface area contributed by atoms with E-state index in [1.54, 1.807) is 0 Å². The molecule has 0 aromatic carbocycles. The van der Waals surface area contributed by atoms with Crippen molar-refractivity contribution in [1.29, 1.82) is 0 Å². The Balaban J connectivity index is 1.85. The second-order valence-electron chi connectivity index (χ2n) is 6.90. The fourth-order valence-corrected chi connectivity index (χ4v) is 3.61. The van der Waals surface area contributed by atoms with Crippen molar-refractivity contribution in [3.05, 3.63) is 11.7 Å². The van der Waals surface area contributed by atoms with Crippen LogP contribution < -0.4 is 0 Å².